The van der Waals surface area contributed by atoms with E-state index in [1.54, 1.807) is 35.2 Å². The number of hydrogen-bond donors (Lipinski definition) is 1. The zero-order chi connectivity index (χ0) is 20.6. The second-order valence-electron chi connectivity index (χ2n) is 7.01. The van der Waals surface area contributed by atoms with Gasteiger partial charge in [-0.05, 0) is 49.2 Å². The first-order chi connectivity index (χ1) is 14.1. The van der Waals surface area contributed by atoms with E-state index in [1.807, 2.05) is 25.1 Å². The predicted octanol–water partition coefficient (Wildman–Crippen LogP) is 3.80. The van der Waals surface area contributed by atoms with E-state index < -0.39 is 6.10 Å². The van der Waals surface area contributed by atoms with Gasteiger partial charge in [0.05, 0.1) is 18.8 Å². The Morgan fingerprint density at radius 3 is 2.59 bits per heavy atom. The summed E-state index contributed by atoms with van der Waals surface area (Å²) >= 11 is 0. The van der Waals surface area contributed by atoms with Gasteiger partial charge in [0.1, 0.15) is 11.5 Å². The standard InChI is InChI=1S/C23H28N2O4/c1-3-5-15-28-18-12-10-17(11-13-18)23(27)25-16-21(22(26)24-14-4-2)29-20-9-7-6-8-19(20)25/h6-13,21H,3-5,14-16H2,1-2H3,(H,24,26)/t21-/m1/s1. The molecular formula is C23H28N2O4. The lowest BCUT2D eigenvalue weighted by atomic mass is 10.1. The van der Waals surface area contributed by atoms with Crippen LogP contribution in [0.2, 0.25) is 0 Å². The summed E-state index contributed by atoms with van der Waals surface area (Å²) in [4.78, 5) is 27.3. The lowest BCUT2D eigenvalue weighted by Gasteiger charge is -2.34. The summed E-state index contributed by atoms with van der Waals surface area (Å²) in [7, 11) is 0. The molecule has 154 valence electrons. The minimum absolute atomic E-state index is 0.167. The quantitative estimate of drug-likeness (QED) is 0.689. The maximum atomic E-state index is 13.2. The number of benzene rings is 2. The molecule has 1 atom stereocenters. The summed E-state index contributed by atoms with van der Waals surface area (Å²) < 4.78 is 11.5. The fourth-order valence-corrected chi connectivity index (χ4v) is 3.11. The van der Waals surface area contributed by atoms with Crippen LogP contribution in [0.25, 0.3) is 0 Å². The van der Waals surface area contributed by atoms with Gasteiger partial charge in [-0.2, -0.15) is 0 Å². The van der Waals surface area contributed by atoms with E-state index in [9.17, 15) is 9.59 Å². The highest BCUT2D eigenvalue weighted by Gasteiger charge is 2.34. The van der Waals surface area contributed by atoms with Gasteiger partial charge in [-0.3, -0.25) is 9.59 Å². The summed E-state index contributed by atoms with van der Waals surface area (Å²) in [6.45, 7) is 5.51. The smallest absolute Gasteiger partial charge is 0.262 e. The van der Waals surface area contributed by atoms with Crippen molar-refractivity contribution in [2.45, 2.75) is 39.2 Å². The van der Waals surface area contributed by atoms with Gasteiger partial charge in [0, 0.05) is 12.1 Å². The first kappa shape index (κ1) is 20.7. The zero-order valence-electron chi connectivity index (χ0n) is 17.0. The number of para-hydroxylation sites is 2. The topological polar surface area (TPSA) is 67.9 Å². The Kier molecular flexibility index (Phi) is 7.11. The number of unbranched alkanes of at least 4 members (excludes halogenated alkanes) is 1. The summed E-state index contributed by atoms with van der Waals surface area (Å²) in [6, 6.07) is 14.4. The molecule has 0 unspecified atom stereocenters. The average Bonchev–Trinajstić information content (AvgIpc) is 2.77. The van der Waals surface area contributed by atoms with Crippen molar-refractivity contribution < 1.29 is 19.1 Å². The molecule has 29 heavy (non-hydrogen) atoms. The summed E-state index contributed by atoms with van der Waals surface area (Å²) in [5.74, 6) is 0.894. The molecule has 0 bridgehead atoms. The first-order valence-electron chi connectivity index (χ1n) is 10.2. The number of carbonyl (C=O) groups excluding carboxylic acids is 2. The van der Waals surface area contributed by atoms with Crippen molar-refractivity contribution in [1.82, 2.24) is 5.32 Å². The average molecular weight is 396 g/mol. The molecule has 0 aliphatic carbocycles. The SMILES string of the molecule is CCCCOc1ccc(C(=O)N2C[C@H](C(=O)NCCC)Oc3ccccc32)cc1. The lowest BCUT2D eigenvalue weighted by molar-refractivity contribution is -0.127. The predicted molar refractivity (Wildman–Crippen MR) is 113 cm³/mol. The summed E-state index contributed by atoms with van der Waals surface area (Å²) in [5, 5.41) is 2.85. The molecular weight excluding hydrogens is 368 g/mol. The number of carbonyl (C=O) groups is 2. The van der Waals surface area contributed by atoms with Crippen molar-refractivity contribution >= 4 is 17.5 Å². The molecule has 1 aliphatic heterocycles. The van der Waals surface area contributed by atoms with E-state index in [4.69, 9.17) is 9.47 Å². The number of ether oxygens (including phenoxy) is 2. The molecule has 2 amide bonds. The Labute approximate surface area is 171 Å². The third kappa shape index (κ3) is 5.08. The molecule has 0 fully saturated rings. The van der Waals surface area contributed by atoms with Gasteiger partial charge in [0.2, 0.25) is 0 Å². The molecule has 0 aromatic heterocycles. The second kappa shape index (κ2) is 9.96. The van der Waals surface area contributed by atoms with Gasteiger partial charge in [-0.25, -0.2) is 0 Å². The Hall–Kier alpha value is -3.02. The van der Waals surface area contributed by atoms with Crippen molar-refractivity contribution in [3.8, 4) is 11.5 Å². The molecule has 0 spiro atoms. The molecule has 0 radical (unpaired) electrons. The van der Waals surface area contributed by atoms with Gasteiger partial charge in [-0.1, -0.05) is 32.4 Å². The van der Waals surface area contributed by atoms with Gasteiger partial charge in [0.15, 0.2) is 6.10 Å². The van der Waals surface area contributed by atoms with Crippen molar-refractivity contribution in [3.63, 3.8) is 0 Å². The third-order valence-electron chi connectivity index (χ3n) is 4.73. The van der Waals surface area contributed by atoms with Crippen LogP contribution in [0, 0.1) is 0 Å². The van der Waals surface area contributed by atoms with Crippen LogP contribution in [0.4, 0.5) is 5.69 Å². The Morgan fingerprint density at radius 2 is 1.86 bits per heavy atom. The van der Waals surface area contributed by atoms with Crippen molar-refractivity contribution in [2.75, 3.05) is 24.6 Å². The first-order valence-corrected chi connectivity index (χ1v) is 10.2. The van der Waals surface area contributed by atoms with Gasteiger partial charge < -0.3 is 19.7 Å². The molecule has 2 aromatic rings. The molecule has 1 N–H and O–H groups in total. The Balaban J connectivity index is 1.78. The molecule has 6 heteroatoms. The molecule has 3 rings (SSSR count). The van der Waals surface area contributed by atoms with E-state index in [0.717, 1.165) is 25.0 Å². The number of nitrogens with zero attached hydrogens (tertiary/aromatic N) is 1. The highest BCUT2D eigenvalue weighted by molar-refractivity contribution is 6.08. The van der Waals surface area contributed by atoms with Crippen LogP contribution in [0.5, 0.6) is 11.5 Å². The van der Waals surface area contributed by atoms with E-state index >= 15 is 0 Å². The second-order valence-corrected chi connectivity index (χ2v) is 7.01. The third-order valence-corrected chi connectivity index (χ3v) is 4.73. The van der Waals surface area contributed by atoms with Crippen LogP contribution in [0.3, 0.4) is 0 Å². The van der Waals surface area contributed by atoms with Gasteiger partial charge in [0.25, 0.3) is 11.8 Å². The molecule has 6 nitrogen and oxygen atoms in total. The Bertz CT molecular complexity index is 835. The molecule has 1 heterocycles. The largest absolute Gasteiger partial charge is 0.494 e. The zero-order valence-corrected chi connectivity index (χ0v) is 17.0. The highest BCUT2D eigenvalue weighted by atomic mass is 16.5. The van der Waals surface area contributed by atoms with Crippen LogP contribution in [0.1, 0.15) is 43.5 Å². The van der Waals surface area contributed by atoms with Crippen LogP contribution in [0.15, 0.2) is 48.5 Å². The van der Waals surface area contributed by atoms with E-state index in [0.29, 0.717) is 30.2 Å². The van der Waals surface area contributed by atoms with Gasteiger partial charge in [-0.15, -0.1) is 0 Å². The van der Waals surface area contributed by atoms with Crippen molar-refractivity contribution in [1.29, 1.82) is 0 Å². The van der Waals surface area contributed by atoms with Crippen LogP contribution >= 0.6 is 0 Å². The molecule has 0 saturated carbocycles. The fraction of sp³-hybridized carbons (Fsp3) is 0.391. The van der Waals surface area contributed by atoms with E-state index in [-0.39, 0.29) is 18.4 Å². The minimum Gasteiger partial charge on any atom is -0.494 e. The summed E-state index contributed by atoms with van der Waals surface area (Å²) in [6.07, 6.45) is 2.16. The molecule has 0 saturated heterocycles. The summed E-state index contributed by atoms with van der Waals surface area (Å²) in [5.41, 5.74) is 1.21. The lowest BCUT2D eigenvalue weighted by Crippen LogP contribution is -2.50. The van der Waals surface area contributed by atoms with Gasteiger partial charge >= 0.3 is 0 Å². The van der Waals surface area contributed by atoms with Crippen LogP contribution in [-0.2, 0) is 4.79 Å². The number of amides is 2. The molecule has 2 aromatic carbocycles. The van der Waals surface area contributed by atoms with Crippen molar-refractivity contribution in [2.24, 2.45) is 0 Å². The monoisotopic (exact) mass is 396 g/mol. The van der Waals surface area contributed by atoms with E-state index in [1.165, 1.54) is 0 Å². The van der Waals surface area contributed by atoms with Crippen LogP contribution in [-0.4, -0.2) is 37.6 Å². The fourth-order valence-electron chi connectivity index (χ4n) is 3.11. The number of fused-ring (bicyclic) bond motifs is 1. The van der Waals surface area contributed by atoms with Crippen LogP contribution < -0.4 is 19.7 Å². The maximum absolute atomic E-state index is 13.2. The highest BCUT2D eigenvalue weighted by Crippen LogP contribution is 2.34. The normalized spacial score (nSPS) is 15.2. The number of rotatable bonds is 8. The Morgan fingerprint density at radius 1 is 1.10 bits per heavy atom. The van der Waals surface area contributed by atoms with Crippen molar-refractivity contribution in [3.05, 3.63) is 54.1 Å². The number of nitrogens with one attached hydrogen (secondary N) is 1. The minimum atomic E-state index is -0.739. The number of hydrogen-bond acceptors (Lipinski definition) is 4. The maximum Gasteiger partial charge on any atom is 0.262 e. The van der Waals surface area contributed by atoms with E-state index in [2.05, 4.69) is 12.2 Å². The molecule has 1 aliphatic rings. The number of anilines is 1.